The van der Waals surface area contributed by atoms with Crippen LogP contribution in [0.1, 0.15) is 19.8 Å². The molecule has 2 N–H and O–H groups in total. The van der Waals surface area contributed by atoms with Crippen molar-refractivity contribution < 1.29 is 0 Å². The third-order valence-corrected chi connectivity index (χ3v) is 1.36. The van der Waals surface area contributed by atoms with Gasteiger partial charge < -0.3 is 5.73 Å². The van der Waals surface area contributed by atoms with Crippen molar-refractivity contribution in [2.75, 3.05) is 5.75 Å². The van der Waals surface area contributed by atoms with Crippen molar-refractivity contribution in [1.82, 2.24) is 0 Å². The molecule has 0 radical (unpaired) electrons. The lowest BCUT2D eigenvalue weighted by atomic mass is 10.2. The summed E-state index contributed by atoms with van der Waals surface area (Å²) in [6, 6.07) is 0.313. The summed E-state index contributed by atoms with van der Waals surface area (Å²) < 4.78 is 0. The minimum Gasteiger partial charge on any atom is -0.327 e. The average molecular weight is 119 g/mol. The van der Waals surface area contributed by atoms with Crippen LogP contribution in [0.2, 0.25) is 0 Å². The maximum Gasteiger partial charge on any atom is 0.0127 e. The zero-order valence-electron chi connectivity index (χ0n) is 4.72. The molecule has 44 valence electrons. The van der Waals surface area contributed by atoms with Crippen LogP contribution in [0.3, 0.4) is 0 Å². The van der Waals surface area contributed by atoms with Gasteiger partial charge in [-0.2, -0.15) is 12.6 Å². The van der Waals surface area contributed by atoms with Gasteiger partial charge >= 0.3 is 0 Å². The predicted molar refractivity (Wildman–Crippen MR) is 36.7 cm³/mol. The fraction of sp³-hybridized carbons (Fsp3) is 1.00. The lowest BCUT2D eigenvalue weighted by molar-refractivity contribution is 0.662. The van der Waals surface area contributed by atoms with Gasteiger partial charge in [-0.1, -0.05) is 13.3 Å². The van der Waals surface area contributed by atoms with E-state index < -0.39 is 0 Å². The SMILES string of the molecule is CCCC(N)CS. The molecule has 1 nitrogen and oxygen atoms in total. The van der Waals surface area contributed by atoms with Crippen molar-refractivity contribution in [3.05, 3.63) is 0 Å². The van der Waals surface area contributed by atoms with Gasteiger partial charge in [0.1, 0.15) is 0 Å². The van der Waals surface area contributed by atoms with E-state index in [2.05, 4.69) is 19.6 Å². The van der Waals surface area contributed by atoms with Crippen LogP contribution >= 0.6 is 12.6 Å². The summed E-state index contributed by atoms with van der Waals surface area (Å²) in [5, 5.41) is 0. The van der Waals surface area contributed by atoms with Crippen LogP contribution in [0.15, 0.2) is 0 Å². The van der Waals surface area contributed by atoms with Gasteiger partial charge in [-0.05, 0) is 6.42 Å². The zero-order valence-corrected chi connectivity index (χ0v) is 5.62. The van der Waals surface area contributed by atoms with E-state index in [1.807, 2.05) is 0 Å². The van der Waals surface area contributed by atoms with Gasteiger partial charge in [0.2, 0.25) is 0 Å². The topological polar surface area (TPSA) is 26.0 Å². The second-order valence-corrected chi connectivity index (χ2v) is 2.10. The van der Waals surface area contributed by atoms with Crippen LogP contribution in [0, 0.1) is 0 Å². The largest absolute Gasteiger partial charge is 0.327 e. The molecule has 0 aromatic rings. The van der Waals surface area contributed by atoms with Crippen molar-refractivity contribution in [2.24, 2.45) is 5.73 Å². The second-order valence-electron chi connectivity index (χ2n) is 1.73. The molecule has 0 heterocycles. The molecule has 1 atom stereocenters. The molecule has 0 amide bonds. The fourth-order valence-electron chi connectivity index (χ4n) is 0.462. The number of hydrogen-bond donors (Lipinski definition) is 2. The first-order valence-electron chi connectivity index (χ1n) is 2.67. The second kappa shape index (κ2) is 4.47. The van der Waals surface area contributed by atoms with Gasteiger partial charge in [0.15, 0.2) is 0 Å². The number of hydrogen-bond acceptors (Lipinski definition) is 2. The molecular weight excluding hydrogens is 106 g/mol. The summed E-state index contributed by atoms with van der Waals surface area (Å²) in [4.78, 5) is 0. The summed E-state index contributed by atoms with van der Waals surface area (Å²) in [6.45, 7) is 2.13. The van der Waals surface area contributed by atoms with Gasteiger partial charge in [-0.15, -0.1) is 0 Å². The van der Waals surface area contributed by atoms with Crippen molar-refractivity contribution in [3.63, 3.8) is 0 Å². The van der Waals surface area contributed by atoms with E-state index in [-0.39, 0.29) is 0 Å². The Morgan fingerprint density at radius 3 is 2.43 bits per heavy atom. The van der Waals surface area contributed by atoms with Crippen LogP contribution in [-0.4, -0.2) is 11.8 Å². The highest BCUT2D eigenvalue weighted by molar-refractivity contribution is 7.80. The Balaban J connectivity index is 2.83. The zero-order chi connectivity index (χ0) is 5.70. The molecule has 0 aliphatic carbocycles. The quantitative estimate of drug-likeness (QED) is 0.533. The average Bonchev–Trinajstić information content (AvgIpc) is 1.68. The molecule has 0 bridgehead atoms. The first-order chi connectivity index (χ1) is 3.31. The summed E-state index contributed by atoms with van der Waals surface area (Å²) >= 11 is 4.02. The molecule has 0 spiro atoms. The molecular formula is C5H13NS. The highest BCUT2D eigenvalue weighted by Gasteiger charge is 1.93. The van der Waals surface area contributed by atoms with Gasteiger partial charge in [0.05, 0.1) is 0 Å². The van der Waals surface area contributed by atoms with E-state index in [0.717, 1.165) is 12.2 Å². The van der Waals surface area contributed by atoms with Gasteiger partial charge in [-0.3, -0.25) is 0 Å². The lowest BCUT2D eigenvalue weighted by Crippen LogP contribution is -2.20. The first kappa shape index (κ1) is 7.31. The summed E-state index contributed by atoms with van der Waals surface area (Å²) in [5.74, 6) is 0.813. The van der Waals surface area contributed by atoms with E-state index in [1.165, 1.54) is 6.42 Å². The highest BCUT2D eigenvalue weighted by Crippen LogP contribution is 1.93. The Kier molecular flexibility index (Phi) is 4.67. The minimum atomic E-state index is 0.313. The van der Waals surface area contributed by atoms with E-state index in [4.69, 9.17) is 5.73 Å². The Morgan fingerprint density at radius 1 is 1.71 bits per heavy atom. The monoisotopic (exact) mass is 119 g/mol. The summed E-state index contributed by atoms with van der Waals surface area (Å²) in [6.07, 6.45) is 2.27. The molecule has 0 aromatic heterocycles. The molecule has 0 fully saturated rings. The van der Waals surface area contributed by atoms with E-state index >= 15 is 0 Å². The standard InChI is InChI=1S/C5H13NS/c1-2-3-5(6)4-7/h5,7H,2-4,6H2,1H3. The molecule has 1 unspecified atom stereocenters. The molecule has 0 rings (SSSR count). The van der Waals surface area contributed by atoms with Crippen molar-refractivity contribution >= 4 is 12.6 Å². The molecule has 0 saturated carbocycles. The summed E-state index contributed by atoms with van der Waals surface area (Å²) in [5.41, 5.74) is 5.51. The van der Waals surface area contributed by atoms with Crippen LogP contribution in [0.25, 0.3) is 0 Å². The van der Waals surface area contributed by atoms with Crippen LogP contribution in [-0.2, 0) is 0 Å². The lowest BCUT2D eigenvalue weighted by Gasteiger charge is -2.02. The van der Waals surface area contributed by atoms with Crippen molar-refractivity contribution in [1.29, 1.82) is 0 Å². The van der Waals surface area contributed by atoms with Crippen molar-refractivity contribution in [2.45, 2.75) is 25.8 Å². The van der Waals surface area contributed by atoms with E-state index in [1.54, 1.807) is 0 Å². The third kappa shape index (κ3) is 4.16. The Labute approximate surface area is 50.7 Å². The molecule has 0 aliphatic heterocycles. The van der Waals surface area contributed by atoms with Crippen LogP contribution < -0.4 is 5.73 Å². The predicted octanol–water partition coefficient (Wildman–Crippen LogP) is 1.04. The number of thiol groups is 1. The van der Waals surface area contributed by atoms with Gasteiger partial charge in [0, 0.05) is 11.8 Å². The van der Waals surface area contributed by atoms with Gasteiger partial charge in [-0.25, -0.2) is 0 Å². The third-order valence-electron chi connectivity index (χ3n) is 0.894. The Hall–Kier alpha value is 0.310. The highest BCUT2D eigenvalue weighted by atomic mass is 32.1. The summed E-state index contributed by atoms with van der Waals surface area (Å²) in [7, 11) is 0. The molecule has 2 heteroatoms. The van der Waals surface area contributed by atoms with Crippen molar-refractivity contribution in [3.8, 4) is 0 Å². The smallest absolute Gasteiger partial charge is 0.0127 e. The normalized spacial score (nSPS) is 14.1. The molecule has 0 aromatic carbocycles. The number of rotatable bonds is 3. The maximum atomic E-state index is 5.51. The number of nitrogens with two attached hydrogens (primary N) is 1. The van der Waals surface area contributed by atoms with E-state index in [0.29, 0.717) is 6.04 Å². The molecule has 0 saturated heterocycles. The molecule has 0 aliphatic rings. The fourth-order valence-corrected chi connectivity index (χ4v) is 0.645. The Morgan fingerprint density at radius 2 is 2.29 bits per heavy atom. The van der Waals surface area contributed by atoms with Gasteiger partial charge in [0.25, 0.3) is 0 Å². The first-order valence-corrected chi connectivity index (χ1v) is 3.31. The molecule has 7 heavy (non-hydrogen) atoms. The van der Waals surface area contributed by atoms with E-state index in [9.17, 15) is 0 Å². The van der Waals surface area contributed by atoms with Crippen LogP contribution in [0.5, 0.6) is 0 Å². The maximum absolute atomic E-state index is 5.51. The minimum absolute atomic E-state index is 0.313. The Bertz CT molecular complexity index is 39.1. The van der Waals surface area contributed by atoms with Crippen LogP contribution in [0.4, 0.5) is 0 Å².